The molecule has 0 aromatic carbocycles. The molecule has 2 rings (SSSR count). The van der Waals surface area contributed by atoms with Crippen molar-refractivity contribution in [2.75, 3.05) is 26.3 Å². The molecule has 2 aliphatic heterocycles. The Morgan fingerprint density at radius 2 is 1.80 bits per heavy atom. The topological polar surface area (TPSA) is 38.8 Å². The minimum Gasteiger partial charge on any atom is -0.347 e. The van der Waals surface area contributed by atoms with E-state index in [2.05, 4.69) is 6.58 Å². The van der Waals surface area contributed by atoms with Gasteiger partial charge in [-0.2, -0.15) is 0 Å². The average Bonchev–Trinajstić information content (AvgIpc) is 2.67. The number of amides is 1. The number of nitrogens with zero attached hydrogens (tertiary/aromatic N) is 1. The lowest BCUT2D eigenvalue weighted by atomic mass is 10.0. The minimum absolute atomic E-state index is 0.0443. The van der Waals surface area contributed by atoms with Crippen molar-refractivity contribution >= 4 is 5.91 Å². The molecule has 0 aromatic heterocycles. The zero-order chi connectivity index (χ0) is 10.9. The predicted molar refractivity (Wildman–Crippen MR) is 55.3 cm³/mol. The van der Waals surface area contributed by atoms with Gasteiger partial charge in [-0.1, -0.05) is 6.58 Å². The molecule has 15 heavy (non-hydrogen) atoms. The first kappa shape index (κ1) is 10.6. The second kappa shape index (κ2) is 3.94. The third kappa shape index (κ3) is 2.06. The average molecular weight is 211 g/mol. The molecule has 0 unspecified atom stereocenters. The van der Waals surface area contributed by atoms with Crippen molar-refractivity contribution in [1.29, 1.82) is 0 Å². The van der Waals surface area contributed by atoms with Crippen LogP contribution < -0.4 is 0 Å². The highest BCUT2D eigenvalue weighted by Crippen LogP contribution is 2.31. The number of carbonyl (C=O) groups excluding carboxylic acids is 1. The normalized spacial score (nSPS) is 24.5. The molecule has 0 saturated carbocycles. The van der Waals surface area contributed by atoms with Gasteiger partial charge >= 0.3 is 0 Å². The van der Waals surface area contributed by atoms with Crippen LogP contribution in [0.15, 0.2) is 12.2 Å². The van der Waals surface area contributed by atoms with E-state index in [0.717, 1.165) is 12.8 Å². The molecule has 1 spiro atoms. The van der Waals surface area contributed by atoms with Crippen LogP contribution in [0.3, 0.4) is 0 Å². The molecule has 0 aromatic rings. The lowest BCUT2D eigenvalue weighted by molar-refractivity contribution is -0.186. The standard InChI is InChI=1S/C11H17NO3/c1-9(2)10(13)12-5-3-11(4-6-12)14-7-8-15-11/h1,3-8H2,2H3. The summed E-state index contributed by atoms with van der Waals surface area (Å²) in [5.74, 6) is -0.353. The molecule has 84 valence electrons. The van der Waals surface area contributed by atoms with Gasteiger partial charge in [0.15, 0.2) is 5.79 Å². The highest BCUT2D eigenvalue weighted by molar-refractivity contribution is 5.92. The molecule has 0 radical (unpaired) electrons. The summed E-state index contributed by atoms with van der Waals surface area (Å²) in [6.07, 6.45) is 1.54. The monoisotopic (exact) mass is 211 g/mol. The summed E-state index contributed by atoms with van der Waals surface area (Å²) >= 11 is 0. The van der Waals surface area contributed by atoms with Crippen LogP contribution in [0, 0.1) is 0 Å². The smallest absolute Gasteiger partial charge is 0.248 e. The van der Waals surface area contributed by atoms with Gasteiger partial charge in [0.05, 0.1) is 13.2 Å². The fourth-order valence-electron chi connectivity index (χ4n) is 2.11. The molecular formula is C11H17NO3. The third-order valence-electron chi connectivity index (χ3n) is 2.99. The maximum Gasteiger partial charge on any atom is 0.248 e. The summed E-state index contributed by atoms with van der Waals surface area (Å²) in [7, 11) is 0. The zero-order valence-electron chi connectivity index (χ0n) is 9.12. The molecule has 2 heterocycles. The number of likely N-dealkylation sites (tertiary alicyclic amines) is 1. The number of hydrogen-bond donors (Lipinski definition) is 0. The lowest BCUT2D eigenvalue weighted by Gasteiger charge is -2.37. The second-order valence-electron chi connectivity index (χ2n) is 4.18. The summed E-state index contributed by atoms with van der Waals surface area (Å²) in [5, 5.41) is 0. The van der Waals surface area contributed by atoms with E-state index in [9.17, 15) is 4.79 Å². The molecular weight excluding hydrogens is 194 g/mol. The van der Waals surface area contributed by atoms with Gasteiger partial charge in [-0.3, -0.25) is 4.79 Å². The van der Waals surface area contributed by atoms with Crippen molar-refractivity contribution in [2.45, 2.75) is 25.6 Å². The molecule has 4 heteroatoms. The summed E-state index contributed by atoms with van der Waals surface area (Å²) in [6.45, 7) is 8.16. The predicted octanol–water partition coefficient (Wildman–Crippen LogP) is 0.928. The molecule has 0 N–H and O–H groups in total. The van der Waals surface area contributed by atoms with E-state index in [0.29, 0.717) is 31.9 Å². The number of ether oxygens (including phenoxy) is 2. The van der Waals surface area contributed by atoms with Gasteiger partial charge < -0.3 is 14.4 Å². The molecule has 2 fully saturated rings. The maximum absolute atomic E-state index is 11.6. The Balaban J connectivity index is 1.91. The van der Waals surface area contributed by atoms with Gasteiger partial charge in [0.25, 0.3) is 0 Å². The minimum atomic E-state index is -0.397. The van der Waals surface area contributed by atoms with E-state index >= 15 is 0 Å². The van der Waals surface area contributed by atoms with Gasteiger partial charge in [0, 0.05) is 31.5 Å². The van der Waals surface area contributed by atoms with Crippen molar-refractivity contribution in [1.82, 2.24) is 4.90 Å². The highest BCUT2D eigenvalue weighted by atomic mass is 16.7. The Morgan fingerprint density at radius 1 is 1.27 bits per heavy atom. The third-order valence-corrected chi connectivity index (χ3v) is 2.99. The quantitative estimate of drug-likeness (QED) is 0.606. The Hall–Kier alpha value is -0.870. The van der Waals surface area contributed by atoms with E-state index in [1.165, 1.54) is 0 Å². The van der Waals surface area contributed by atoms with Crippen molar-refractivity contribution in [3.63, 3.8) is 0 Å². The molecule has 4 nitrogen and oxygen atoms in total. The SMILES string of the molecule is C=C(C)C(=O)N1CCC2(CC1)OCCO2. The summed E-state index contributed by atoms with van der Waals surface area (Å²) in [4.78, 5) is 13.5. The van der Waals surface area contributed by atoms with Crippen molar-refractivity contribution < 1.29 is 14.3 Å². The van der Waals surface area contributed by atoms with Crippen LogP contribution in [0.4, 0.5) is 0 Å². The van der Waals surface area contributed by atoms with E-state index in [4.69, 9.17) is 9.47 Å². The van der Waals surface area contributed by atoms with Gasteiger partial charge in [0.2, 0.25) is 5.91 Å². The fourth-order valence-corrected chi connectivity index (χ4v) is 2.11. The van der Waals surface area contributed by atoms with Crippen LogP contribution >= 0.6 is 0 Å². The molecule has 0 aliphatic carbocycles. The number of rotatable bonds is 1. The first-order valence-corrected chi connectivity index (χ1v) is 5.36. The van der Waals surface area contributed by atoms with Crippen molar-refractivity contribution in [2.24, 2.45) is 0 Å². The van der Waals surface area contributed by atoms with Gasteiger partial charge in [-0.15, -0.1) is 0 Å². The van der Waals surface area contributed by atoms with Gasteiger partial charge in [0.1, 0.15) is 0 Å². The first-order valence-electron chi connectivity index (χ1n) is 5.36. The van der Waals surface area contributed by atoms with Crippen LogP contribution in [0.5, 0.6) is 0 Å². The molecule has 0 atom stereocenters. The number of hydrogen-bond acceptors (Lipinski definition) is 3. The Morgan fingerprint density at radius 3 is 2.27 bits per heavy atom. The molecule has 2 aliphatic rings. The number of carbonyl (C=O) groups is 1. The number of piperidine rings is 1. The van der Waals surface area contributed by atoms with E-state index in [1.807, 2.05) is 4.90 Å². The summed E-state index contributed by atoms with van der Waals surface area (Å²) in [5.41, 5.74) is 0.596. The van der Waals surface area contributed by atoms with Crippen molar-refractivity contribution in [3.05, 3.63) is 12.2 Å². The summed E-state index contributed by atoms with van der Waals surface area (Å²) < 4.78 is 11.2. The fraction of sp³-hybridized carbons (Fsp3) is 0.727. The Bertz CT molecular complexity index is 272. The van der Waals surface area contributed by atoms with Gasteiger partial charge in [-0.05, 0) is 6.92 Å². The van der Waals surface area contributed by atoms with Crippen LogP contribution in [0.2, 0.25) is 0 Å². The van der Waals surface area contributed by atoms with Crippen molar-refractivity contribution in [3.8, 4) is 0 Å². The van der Waals surface area contributed by atoms with E-state index in [-0.39, 0.29) is 5.91 Å². The van der Waals surface area contributed by atoms with Crippen LogP contribution in [-0.2, 0) is 14.3 Å². The molecule has 1 amide bonds. The molecule has 0 bridgehead atoms. The Labute approximate surface area is 89.8 Å². The van der Waals surface area contributed by atoms with Gasteiger partial charge in [-0.25, -0.2) is 0 Å². The van der Waals surface area contributed by atoms with E-state index in [1.54, 1.807) is 6.92 Å². The van der Waals surface area contributed by atoms with E-state index < -0.39 is 5.79 Å². The first-order chi connectivity index (χ1) is 7.13. The largest absolute Gasteiger partial charge is 0.347 e. The lowest BCUT2D eigenvalue weighted by Crippen LogP contribution is -2.47. The second-order valence-corrected chi connectivity index (χ2v) is 4.18. The maximum atomic E-state index is 11.6. The highest BCUT2D eigenvalue weighted by Gasteiger charge is 2.40. The zero-order valence-corrected chi connectivity index (χ0v) is 9.12. The summed E-state index contributed by atoms with van der Waals surface area (Å²) in [6, 6.07) is 0. The van der Waals surface area contributed by atoms with Crippen LogP contribution in [-0.4, -0.2) is 42.9 Å². The molecule has 2 saturated heterocycles. The Kier molecular flexibility index (Phi) is 2.80. The van der Waals surface area contributed by atoms with Crippen LogP contribution in [0.25, 0.3) is 0 Å². The van der Waals surface area contributed by atoms with Crippen LogP contribution in [0.1, 0.15) is 19.8 Å².